The second-order valence-corrected chi connectivity index (χ2v) is 19.8. The number of carbonyl (C=O) groups excluding carboxylic acids is 2. The number of aliphatic hydroxyl groups is 1. The zero-order chi connectivity index (χ0) is 45.9. The van der Waals surface area contributed by atoms with E-state index in [0.717, 1.165) is 10.9 Å². The zero-order valence-corrected chi connectivity index (χ0v) is 38.3. The molecule has 6 rings (SSSR count). The predicted molar refractivity (Wildman–Crippen MR) is 228 cm³/mol. The first-order valence-corrected chi connectivity index (χ1v) is 20.8. The number of likely N-dealkylation sites (tertiary alicyclic amines) is 2. The molecule has 0 saturated carbocycles. The summed E-state index contributed by atoms with van der Waals surface area (Å²) in [5, 5.41) is 8.99. The Kier molecular flexibility index (Phi) is 15.5. The van der Waals surface area contributed by atoms with Gasteiger partial charge in [0.25, 0.3) is 0 Å². The maximum Gasteiger partial charge on any atom is 0.496 e. The highest BCUT2D eigenvalue weighted by Gasteiger charge is 2.53. The van der Waals surface area contributed by atoms with Gasteiger partial charge in [-0.25, -0.2) is 23.4 Å². The number of hydrogen-bond acceptors (Lipinski definition) is 12. The fourth-order valence-electron chi connectivity index (χ4n) is 6.46. The molecule has 0 spiro atoms. The van der Waals surface area contributed by atoms with Crippen LogP contribution in [0.25, 0.3) is 0 Å². The SMILES string of the molecule is CC(C)(C)OC(=O)N1C[C@@H](F)C[C@H]1CO.CC(C)(C)OC(=O)N1C[C@@H](F)C[C@H]1COc1ccc(B2OC(C)(C)C(C)(C)O2)cn1.CC1(C)OB(c2ccc(=O)[nH]c2)OC1(C)C. The molecule has 4 saturated heterocycles. The minimum absolute atomic E-state index is 0.0111. The van der Waals surface area contributed by atoms with Crippen molar-refractivity contribution in [3.63, 3.8) is 0 Å². The van der Waals surface area contributed by atoms with Gasteiger partial charge >= 0.3 is 26.4 Å². The molecular formula is C42H66B2F2N4O11. The highest BCUT2D eigenvalue weighted by Crippen LogP contribution is 2.37. The molecular weight excluding hydrogens is 796 g/mol. The number of amides is 2. The third-order valence-electron chi connectivity index (χ3n) is 11.2. The number of nitrogens with zero attached hydrogens (tertiary/aromatic N) is 3. The van der Waals surface area contributed by atoms with Crippen molar-refractivity contribution in [1.29, 1.82) is 0 Å². The lowest BCUT2D eigenvalue weighted by molar-refractivity contribution is 0.00578. The summed E-state index contributed by atoms with van der Waals surface area (Å²) in [5.74, 6) is 0.390. The molecule has 19 heteroatoms. The minimum Gasteiger partial charge on any atom is -0.475 e. The van der Waals surface area contributed by atoms with Gasteiger partial charge in [0.15, 0.2) is 0 Å². The quantitative estimate of drug-likeness (QED) is 0.369. The van der Waals surface area contributed by atoms with Crippen molar-refractivity contribution in [2.75, 3.05) is 26.3 Å². The second kappa shape index (κ2) is 18.9. The average Bonchev–Trinajstić information content (AvgIpc) is 3.82. The van der Waals surface area contributed by atoms with Crippen LogP contribution in [-0.4, -0.2) is 136 Å². The number of hydrogen-bond donors (Lipinski definition) is 2. The summed E-state index contributed by atoms with van der Waals surface area (Å²) in [5.41, 5.74) is -1.29. The summed E-state index contributed by atoms with van der Waals surface area (Å²) >= 11 is 0. The monoisotopic (exact) mass is 862 g/mol. The Morgan fingerprint density at radius 2 is 1.18 bits per heavy atom. The summed E-state index contributed by atoms with van der Waals surface area (Å²) in [6.45, 7) is 26.5. The first-order chi connectivity index (χ1) is 27.9. The number of rotatable bonds is 6. The molecule has 61 heavy (non-hydrogen) atoms. The van der Waals surface area contributed by atoms with E-state index >= 15 is 0 Å². The summed E-state index contributed by atoms with van der Waals surface area (Å²) in [6.07, 6.45) is 0.447. The van der Waals surface area contributed by atoms with Crippen LogP contribution in [0.15, 0.2) is 41.5 Å². The van der Waals surface area contributed by atoms with Crippen molar-refractivity contribution in [3.05, 3.63) is 47.0 Å². The number of halogens is 2. The van der Waals surface area contributed by atoms with Crippen molar-refractivity contribution in [2.24, 2.45) is 0 Å². The van der Waals surface area contributed by atoms with Crippen molar-refractivity contribution < 1.29 is 56.3 Å². The fourth-order valence-corrected chi connectivity index (χ4v) is 6.46. The van der Waals surface area contributed by atoms with Crippen LogP contribution in [0.5, 0.6) is 5.88 Å². The lowest BCUT2D eigenvalue weighted by Crippen LogP contribution is -2.42. The maximum absolute atomic E-state index is 13.9. The normalized spacial score (nSPS) is 25.0. The van der Waals surface area contributed by atoms with E-state index in [1.165, 1.54) is 15.9 Å². The molecule has 4 aliphatic rings. The van der Waals surface area contributed by atoms with Gasteiger partial charge in [-0.15, -0.1) is 0 Å². The topological polar surface area (TPSA) is 171 Å². The first kappa shape index (κ1) is 49.9. The number of aliphatic hydroxyl groups excluding tert-OH is 1. The summed E-state index contributed by atoms with van der Waals surface area (Å²) in [6, 6.07) is 5.90. The molecule has 2 amide bonds. The van der Waals surface area contributed by atoms with Crippen molar-refractivity contribution in [2.45, 2.75) is 168 Å². The number of H-pyrrole nitrogens is 1. The van der Waals surface area contributed by atoms with Gasteiger partial charge < -0.3 is 42.9 Å². The van der Waals surface area contributed by atoms with E-state index in [-0.39, 0.29) is 55.9 Å². The van der Waals surface area contributed by atoms with E-state index < -0.39 is 73.3 Å². The molecule has 6 heterocycles. The lowest BCUT2D eigenvalue weighted by atomic mass is 9.80. The van der Waals surface area contributed by atoms with Crippen LogP contribution in [-0.2, 0) is 28.1 Å². The number of aromatic nitrogens is 2. The molecule has 2 aromatic heterocycles. The smallest absolute Gasteiger partial charge is 0.475 e. The number of ether oxygens (including phenoxy) is 3. The molecule has 0 radical (unpaired) electrons. The van der Waals surface area contributed by atoms with Crippen molar-refractivity contribution in [3.8, 4) is 5.88 Å². The van der Waals surface area contributed by atoms with Gasteiger partial charge in [0.05, 0.1) is 54.2 Å². The molecule has 0 aliphatic carbocycles. The van der Waals surface area contributed by atoms with Gasteiger partial charge in [0.2, 0.25) is 11.4 Å². The van der Waals surface area contributed by atoms with E-state index in [1.54, 1.807) is 66.1 Å². The first-order valence-electron chi connectivity index (χ1n) is 20.8. The standard InChI is InChI=1S/C21H32BFN2O5.C11H16BNO3.C10H18FNO3/c1-19(2,3)28-18(26)25-12-15(23)10-16(25)13-27-17-9-8-14(11-24-17)22-29-20(4,5)21(6,7)30-22;1-10(2)11(3,4)16-12(15-10)8-5-6-9(14)13-7-8;1-10(2,3)15-9(14)12-5-7(11)4-8(12)6-13/h8-9,11,15-16H,10,12-13H2,1-7H3;5-7H,1-4H3,(H,13,14);7-8,13H,4-6H2,1-3H3/t15-,16-;;7-,8-/m0.0/s1. The van der Waals surface area contributed by atoms with Crippen LogP contribution < -0.4 is 21.2 Å². The van der Waals surface area contributed by atoms with E-state index in [1.807, 2.05) is 61.5 Å². The van der Waals surface area contributed by atoms with E-state index in [0.29, 0.717) is 5.88 Å². The predicted octanol–water partition coefficient (Wildman–Crippen LogP) is 5.11. The zero-order valence-electron chi connectivity index (χ0n) is 38.3. The Hall–Kier alpha value is -3.77. The van der Waals surface area contributed by atoms with Crippen molar-refractivity contribution in [1.82, 2.24) is 19.8 Å². The maximum atomic E-state index is 13.9. The number of nitrogens with one attached hydrogen (secondary N) is 1. The number of aromatic amines is 1. The highest BCUT2D eigenvalue weighted by atomic mass is 19.1. The second-order valence-electron chi connectivity index (χ2n) is 19.8. The molecule has 4 atom stereocenters. The summed E-state index contributed by atoms with van der Waals surface area (Å²) < 4.78 is 67.0. The Morgan fingerprint density at radius 1 is 0.754 bits per heavy atom. The molecule has 0 bridgehead atoms. The van der Waals surface area contributed by atoms with Crippen LogP contribution in [0.4, 0.5) is 18.4 Å². The van der Waals surface area contributed by atoms with Gasteiger partial charge in [0.1, 0.15) is 30.2 Å². The Labute approximate surface area is 359 Å². The summed E-state index contributed by atoms with van der Waals surface area (Å²) in [4.78, 5) is 44.5. The van der Waals surface area contributed by atoms with Crippen LogP contribution >= 0.6 is 0 Å². The molecule has 4 aliphatic heterocycles. The lowest BCUT2D eigenvalue weighted by Gasteiger charge is -2.32. The molecule has 4 fully saturated rings. The molecule has 2 aromatic rings. The molecule has 0 aromatic carbocycles. The third kappa shape index (κ3) is 13.4. The number of alkyl halides is 2. The number of carbonyl (C=O) groups is 2. The Balaban J connectivity index is 0.000000222. The average molecular weight is 863 g/mol. The van der Waals surface area contributed by atoms with Crippen LogP contribution in [0.3, 0.4) is 0 Å². The van der Waals surface area contributed by atoms with Gasteiger partial charge in [-0.3, -0.25) is 14.6 Å². The van der Waals surface area contributed by atoms with Gasteiger partial charge in [0, 0.05) is 36.8 Å². The fraction of sp³-hybridized carbons (Fsp3) is 0.714. The Morgan fingerprint density at radius 3 is 1.57 bits per heavy atom. The minimum atomic E-state index is -1.09. The van der Waals surface area contributed by atoms with E-state index in [9.17, 15) is 23.2 Å². The van der Waals surface area contributed by atoms with Crippen LogP contribution in [0, 0.1) is 0 Å². The van der Waals surface area contributed by atoms with Crippen molar-refractivity contribution >= 4 is 37.3 Å². The van der Waals surface area contributed by atoms with Gasteiger partial charge in [-0.05, 0) is 108 Å². The van der Waals surface area contributed by atoms with Gasteiger partial charge in [-0.2, -0.15) is 0 Å². The molecule has 340 valence electrons. The Bertz CT molecular complexity index is 1800. The van der Waals surface area contributed by atoms with Gasteiger partial charge in [-0.1, -0.05) is 12.1 Å². The highest BCUT2D eigenvalue weighted by molar-refractivity contribution is 6.62. The largest absolute Gasteiger partial charge is 0.496 e. The third-order valence-corrected chi connectivity index (χ3v) is 11.2. The summed E-state index contributed by atoms with van der Waals surface area (Å²) in [7, 11) is -0.914. The van der Waals surface area contributed by atoms with E-state index in [2.05, 4.69) is 9.97 Å². The molecule has 15 nitrogen and oxygen atoms in total. The van der Waals surface area contributed by atoms with Crippen LogP contribution in [0.1, 0.15) is 110 Å². The number of pyridine rings is 2. The van der Waals surface area contributed by atoms with Crippen LogP contribution in [0.2, 0.25) is 0 Å². The molecule has 2 N–H and O–H groups in total. The van der Waals surface area contributed by atoms with E-state index in [4.69, 9.17) is 37.9 Å². The molecule has 0 unspecified atom stereocenters.